The Balaban J connectivity index is 0.00000408. The molecule has 0 atom stereocenters. The van der Waals surface area contributed by atoms with Crippen LogP contribution in [0.15, 0.2) is 54.8 Å². The normalized spacial score (nSPS) is 13.0. The van der Waals surface area contributed by atoms with Gasteiger partial charge in [0, 0.05) is 21.2 Å². The summed E-state index contributed by atoms with van der Waals surface area (Å²) in [5, 5.41) is 12.7. The van der Waals surface area contributed by atoms with Crippen LogP contribution in [0.5, 0.6) is 5.75 Å². The number of benzene rings is 2. The Bertz CT molecular complexity index is 1140. The summed E-state index contributed by atoms with van der Waals surface area (Å²) in [5.74, 6) is -0.605. The Hall–Kier alpha value is -3.73. The summed E-state index contributed by atoms with van der Waals surface area (Å²) in [6, 6.07) is 9.91. The molecule has 33 heavy (non-hydrogen) atoms. The van der Waals surface area contributed by atoms with E-state index in [4.69, 9.17) is 0 Å². The SMILES string of the molecule is C=CC(=O)NCCc1cc(-c2ccc(OC(F)(F)F)cc2)c2c(c1C#N)N(C)C=C(CC)C2.[HH]. The molecule has 5 nitrogen and oxygen atoms in total. The molecule has 0 fully saturated rings. The molecule has 1 aliphatic heterocycles. The molecule has 0 saturated carbocycles. The number of halogens is 3. The second-order valence-electron chi connectivity index (χ2n) is 7.64. The lowest BCUT2D eigenvalue weighted by Crippen LogP contribution is -2.24. The van der Waals surface area contributed by atoms with Crippen LogP contribution >= 0.6 is 0 Å². The van der Waals surface area contributed by atoms with Crippen LogP contribution in [0.4, 0.5) is 18.9 Å². The third kappa shape index (κ3) is 5.55. The molecule has 0 aliphatic carbocycles. The van der Waals surface area contributed by atoms with Crippen molar-refractivity contribution in [1.82, 2.24) is 5.32 Å². The molecule has 0 spiro atoms. The molecular formula is C25H26F3N3O2. The molecule has 3 rings (SSSR count). The highest BCUT2D eigenvalue weighted by Gasteiger charge is 2.31. The molecule has 8 heteroatoms. The van der Waals surface area contributed by atoms with Crippen LogP contribution in [0.1, 0.15) is 31.5 Å². The molecule has 0 aromatic heterocycles. The first-order valence-corrected chi connectivity index (χ1v) is 10.4. The fourth-order valence-corrected chi connectivity index (χ4v) is 3.97. The topological polar surface area (TPSA) is 65.4 Å². The van der Waals surface area contributed by atoms with E-state index < -0.39 is 6.36 Å². The fraction of sp³-hybridized carbons (Fsp3) is 0.280. The lowest BCUT2D eigenvalue weighted by atomic mass is 9.85. The van der Waals surface area contributed by atoms with E-state index in [9.17, 15) is 23.2 Å². The maximum absolute atomic E-state index is 12.6. The van der Waals surface area contributed by atoms with Gasteiger partial charge in [0.25, 0.3) is 0 Å². The Morgan fingerprint density at radius 3 is 2.64 bits per heavy atom. The third-order valence-corrected chi connectivity index (χ3v) is 5.46. The second-order valence-corrected chi connectivity index (χ2v) is 7.64. The lowest BCUT2D eigenvalue weighted by Gasteiger charge is -2.30. The van der Waals surface area contributed by atoms with E-state index in [1.807, 2.05) is 24.2 Å². The number of carbonyl (C=O) groups is 1. The van der Waals surface area contributed by atoms with Crippen molar-refractivity contribution in [2.75, 3.05) is 18.5 Å². The minimum atomic E-state index is -4.76. The molecule has 1 amide bonds. The summed E-state index contributed by atoms with van der Waals surface area (Å²) in [6.45, 7) is 5.79. The first-order valence-electron chi connectivity index (χ1n) is 10.4. The van der Waals surface area contributed by atoms with Crippen molar-refractivity contribution in [2.45, 2.75) is 32.5 Å². The van der Waals surface area contributed by atoms with E-state index in [0.717, 1.165) is 28.8 Å². The highest BCUT2D eigenvalue weighted by molar-refractivity contribution is 5.87. The number of amides is 1. The quantitative estimate of drug-likeness (QED) is 0.558. The maximum atomic E-state index is 12.6. The van der Waals surface area contributed by atoms with Crippen LogP contribution in [0.3, 0.4) is 0 Å². The molecule has 0 saturated heterocycles. The summed E-state index contributed by atoms with van der Waals surface area (Å²) in [4.78, 5) is 13.5. The molecule has 2 aromatic carbocycles. The Kier molecular flexibility index (Phi) is 7.12. The van der Waals surface area contributed by atoms with E-state index in [0.29, 0.717) is 30.5 Å². The smallest absolute Gasteiger partial charge is 0.406 e. The van der Waals surface area contributed by atoms with Gasteiger partial charge in [-0.1, -0.05) is 25.6 Å². The molecule has 1 heterocycles. The zero-order chi connectivity index (χ0) is 24.2. The van der Waals surface area contributed by atoms with Gasteiger partial charge >= 0.3 is 6.36 Å². The summed E-state index contributed by atoms with van der Waals surface area (Å²) < 4.78 is 41.6. The van der Waals surface area contributed by atoms with Crippen molar-refractivity contribution in [3.63, 3.8) is 0 Å². The minimum Gasteiger partial charge on any atom is -0.406 e. The standard InChI is InChI=1S/C25H24F3N3O2.H2/c1-4-16-12-21-20(17-6-8-19(9-7-17)33-25(26,27)28)13-18(10-11-30-23(32)5-2)22(14-29)24(21)31(3)15-16;/h5-9,13,15H,2,4,10-12H2,1,3H3,(H,30,32);1H. The van der Waals surface area contributed by atoms with Crippen molar-refractivity contribution >= 4 is 11.6 Å². The Morgan fingerprint density at radius 2 is 2.06 bits per heavy atom. The van der Waals surface area contributed by atoms with Gasteiger partial charge in [-0.05, 0) is 71.4 Å². The van der Waals surface area contributed by atoms with Gasteiger partial charge in [-0.25, -0.2) is 0 Å². The van der Waals surface area contributed by atoms with E-state index in [2.05, 4.69) is 29.6 Å². The molecule has 1 N–H and O–H groups in total. The molecule has 0 unspecified atom stereocenters. The first-order chi connectivity index (χ1) is 15.7. The number of hydrogen-bond acceptors (Lipinski definition) is 4. The van der Waals surface area contributed by atoms with Crippen molar-refractivity contribution in [3.05, 3.63) is 71.5 Å². The van der Waals surface area contributed by atoms with Gasteiger partial charge in [0.15, 0.2) is 0 Å². The maximum Gasteiger partial charge on any atom is 0.573 e. The zero-order valence-corrected chi connectivity index (χ0v) is 18.4. The molecule has 174 valence electrons. The van der Waals surface area contributed by atoms with Gasteiger partial charge in [-0.3, -0.25) is 4.79 Å². The number of fused-ring (bicyclic) bond motifs is 1. The predicted molar refractivity (Wildman–Crippen MR) is 123 cm³/mol. The van der Waals surface area contributed by atoms with Crippen molar-refractivity contribution < 1.29 is 24.1 Å². The van der Waals surface area contributed by atoms with Crippen LogP contribution < -0.4 is 15.0 Å². The number of alkyl halides is 3. The third-order valence-electron chi connectivity index (χ3n) is 5.46. The number of nitriles is 1. The number of hydrogen-bond donors (Lipinski definition) is 1. The summed E-state index contributed by atoms with van der Waals surface area (Å²) >= 11 is 0. The van der Waals surface area contributed by atoms with Crippen LogP contribution in [0, 0.1) is 11.3 Å². The van der Waals surface area contributed by atoms with E-state index in [1.165, 1.54) is 23.8 Å². The average Bonchev–Trinajstić information content (AvgIpc) is 2.77. The van der Waals surface area contributed by atoms with Gasteiger partial charge in [-0.15, -0.1) is 13.2 Å². The van der Waals surface area contributed by atoms with Gasteiger partial charge < -0.3 is 15.0 Å². The van der Waals surface area contributed by atoms with Crippen LogP contribution in [0.25, 0.3) is 11.1 Å². The van der Waals surface area contributed by atoms with Crippen LogP contribution in [-0.2, 0) is 17.6 Å². The summed E-state index contributed by atoms with van der Waals surface area (Å²) in [5.41, 5.74) is 5.70. The number of allylic oxidation sites excluding steroid dienone is 1. The molecule has 2 aromatic rings. The largest absolute Gasteiger partial charge is 0.573 e. The van der Waals surface area contributed by atoms with Gasteiger partial charge in [0.05, 0.1) is 11.3 Å². The number of carbonyl (C=O) groups excluding carboxylic acids is 1. The van der Waals surface area contributed by atoms with E-state index >= 15 is 0 Å². The highest BCUT2D eigenvalue weighted by Crippen LogP contribution is 2.41. The number of anilines is 1. The fourth-order valence-electron chi connectivity index (χ4n) is 3.97. The van der Waals surface area contributed by atoms with Crippen LogP contribution in [-0.4, -0.2) is 25.9 Å². The van der Waals surface area contributed by atoms with Crippen molar-refractivity contribution in [2.24, 2.45) is 0 Å². The van der Waals surface area contributed by atoms with E-state index in [-0.39, 0.29) is 13.1 Å². The number of ether oxygens (including phenoxy) is 1. The molecular weight excluding hydrogens is 431 g/mol. The van der Waals surface area contributed by atoms with Gasteiger partial charge in [0.1, 0.15) is 11.8 Å². The lowest BCUT2D eigenvalue weighted by molar-refractivity contribution is -0.274. The summed E-state index contributed by atoms with van der Waals surface area (Å²) in [6.07, 6.45) is 0.306. The Labute approximate surface area is 192 Å². The number of rotatable bonds is 7. The molecule has 0 radical (unpaired) electrons. The Morgan fingerprint density at radius 1 is 1.36 bits per heavy atom. The van der Waals surface area contributed by atoms with Gasteiger partial charge in [-0.2, -0.15) is 5.26 Å². The van der Waals surface area contributed by atoms with Crippen LogP contribution in [0.2, 0.25) is 0 Å². The highest BCUT2D eigenvalue weighted by atomic mass is 19.4. The van der Waals surface area contributed by atoms with Gasteiger partial charge in [0.2, 0.25) is 5.91 Å². The minimum absolute atomic E-state index is 0. The van der Waals surface area contributed by atoms with Crippen molar-refractivity contribution in [1.29, 1.82) is 5.26 Å². The predicted octanol–water partition coefficient (Wildman–Crippen LogP) is 5.50. The average molecular weight is 457 g/mol. The molecule has 1 aliphatic rings. The number of nitrogens with one attached hydrogen (secondary N) is 1. The second kappa shape index (κ2) is 9.82. The summed E-state index contributed by atoms with van der Waals surface area (Å²) in [7, 11) is 1.88. The number of nitrogens with zero attached hydrogens (tertiary/aromatic N) is 2. The molecule has 0 bridgehead atoms. The van der Waals surface area contributed by atoms with E-state index in [1.54, 1.807) is 12.1 Å². The monoisotopic (exact) mass is 457 g/mol. The first kappa shape index (κ1) is 23.9. The van der Waals surface area contributed by atoms with Crippen molar-refractivity contribution in [3.8, 4) is 22.9 Å². The zero-order valence-electron chi connectivity index (χ0n) is 18.4.